The normalized spacial score (nSPS) is 35.9. The van der Waals surface area contributed by atoms with Crippen molar-refractivity contribution in [1.29, 1.82) is 0 Å². The highest BCUT2D eigenvalue weighted by atomic mass is 32.2. The minimum atomic E-state index is 0.0494. The van der Waals surface area contributed by atoms with Crippen LogP contribution in [0.15, 0.2) is 0 Å². The maximum absolute atomic E-state index is 12.3. The van der Waals surface area contributed by atoms with Gasteiger partial charge in [0.2, 0.25) is 5.91 Å². The SMILES string of the molecule is CCC1CCNC(C(=O)NC2CCCC(SC)C2)C1. The second-order valence-electron chi connectivity index (χ2n) is 6.04. The molecule has 2 N–H and O–H groups in total. The molecule has 3 nitrogen and oxygen atoms in total. The minimum Gasteiger partial charge on any atom is -0.352 e. The van der Waals surface area contributed by atoms with Gasteiger partial charge in [0.1, 0.15) is 0 Å². The first kappa shape index (κ1) is 15.2. The summed E-state index contributed by atoms with van der Waals surface area (Å²) in [7, 11) is 0. The molecule has 19 heavy (non-hydrogen) atoms. The third-order valence-electron chi connectivity index (χ3n) is 4.71. The average Bonchev–Trinajstić information content (AvgIpc) is 2.47. The van der Waals surface area contributed by atoms with E-state index >= 15 is 0 Å². The molecule has 1 aliphatic carbocycles. The van der Waals surface area contributed by atoms with Crippen molar-refractivity contribution in [2.45, 2.75) is 69.2 Å². The Kier molecular flexibility index (Phi) is 6.02. The molecule has 4 unspecified atom stereocenters. The zero-order valence-electron chi connectivity index (χ0n) is 12.3. The van der Waals surface area contributed by atoms with Gasteiger partial charge in [-0.1, -0.05) is 19.8 Å². The number of piperidine rings is 1. The molecule has 2 rings (SSSR count). The molecule has 0 aromatic carbocycles. The van der Waals surface area contributed by atoms with Crippen molar-refractivity contribution in [3.05, 3.63) is 0 Å². The molecule has 4 atom stereocenters. The molecule has 4 heteroatoms. The monoisotopic (exact) mass is 284 g/mol. The van der Waals surface area contributed by atoms with Crippen molar-refractivity contribution in [1.82, 2.24) is 10.6 Å². The van der Waals surface area contributed by atoms with Crippen LogP contribution < -0.4 is 10.6 Å². The molecule has 1 saturated heterocycles. The molecule has 0 bridgehead atoms. The Bertz CT molecular complexity index is 298. The number of nitrogens with one attached hydrogen (secondary N) is 2. The van der Waals surface area contributed by atoms with Gasteiger partial charge in [-0.25, -0.2) is 0 Å². The Morgan fingerprint density at radius 2 is 2.16 bits per heavy atom. The lowest BCUT2D eigenvalue weighted by molar-refractivity contribution is -0.125. The van der Waals surface area contributed by atoms with Crippen LogP contribution in [-0.4, -0.2) is 36.0 Å². The number of amides is 1. The van der Waals surface area contributed by atoms with Crippen LogP contribution in [0.4, 0.5) is 0 Å². The van der Waals surface area contributed by atoms with Crippen LogP contribution in [0.3, 0.4) is 0 Å². The van der Waals surface area contributed by atoms with E-state index in [2.05, 4.69) is 23.8 Å². The zero-order valence-corrected chi connectivity index (χ0v) is 13.1. The quantitative estimate of drug-likeness (QED) is 0.833. The number of hydrogen-bond acceptors (Lipinski definition) is 3. The second-order valence-corrected chi connectivity index (χ2v) is 7.17. The molecule has 2 aliphatic rings. The molecule has 0 radical (unpaired) electrons. The third-order valence-corrected chi connectivity index (χ3v) is 5.81. The minimum absolute atomic E-state index is 0.0494. The Hall–Kier alpha value is -0.220. The van der Waals surface area contributed by atoms with E-state index in [1.807, 2.05) is 11.8 Å². The van der Waals surface area contributed by atoms with E-state index in [0.29, 0.717) is 6.04 Å². The summed E-state index contributed by atoms with van der Waals surface area (Å²) in [6.07, 6.45) is 10.5. The maximum Gasteiger partial charge on any atom is 0.237 e. The van der Waals surface area contributed by atoms with Crippen molar-refractivity contribution in [3.8, 4) is 0 Å². The van der Waals surface area contributed by atoms with Crippen LogP contribution in [0.1, 0.15) is 51.9 Å². The van der Waals surface area contributed by atoms with Crippen molar-refractivity contribution in [2.75, 3.05) is 12.8 Å². The fourth-order valence-corrected chi connectivity index (χ4v) is 4.19. The van der Waals surface area contributed by atoms with Gasteiger partial charge in [0.05, 0.1) is 6.04 Å². The van der Waals surface area contributed by atoms with E-state index in [1.54, 1.807) is 0 Å². The standard InChI is InChI=1S/C15H28N2OS/c1-3-11-7-8-16-14(9-11)15(18)17-12-5-4-6-13(10-12)19-2/h11-14,16H,3-10H2,1-2H3,(H,17,18). The van der Waals surface area contributed by atoms with Gasteiger partial charge in [0.25, 0.3) is 0 Å². The summed E-state index contributed by atoms with van der Waals surface area (Å²) in [4.78, 5) is 12.3. The Balaban J connectivity index is 1.79. The lowest BCUT2D eigenvalue weighted by Gasteiger charge is -2.33. The summed E-state index contributed by atoms with van der Waals surface area (Å²) in [5.74, 6) is 0.965. The molecule has 1 aliphatic heterocycles. The average molecular weight is 284 g/mol. The first-order valence-corrected chi connectivity index (χ1v) is 9.08. The molecule has 0 aromatic heterocycles. The summed E-state index contributed by atoms with van der Waals surface area (Å²) in [6, 6.07) is 0.454. The predicted molar refractivity (Wildman–Crippen MR) is 82.5 cm³/mol. The highest BCUT2D eigenvalue weighted by Gasteiger charge is 2.29. The fourth-order valence-electron chi connectivity index (χ4n) is 3.36. The summed E-state index contributed by atoms with van der Waals surface area (Å²) in [5, 5.41) is 7.40. The Labute approximate surface area is 121 Å². The highest BCUT2D eigenvalue weighted by Crippen LogP contribution is 2.27. The van der Waals surface area contributed by atoms with Gasteiger partial charge in [-0.05, 0) is 50.8 Å². The number of thioether (sulfide) groups is 1. The zero-order chi connectivity index (χ0) is 13.7. The van der Waals surface area contributed by atoms with Gasteiger partial charge in [0, 0.05) is 11.3 Å². The van der Waals surface area contributed by atoms with Crippen LogP contribution >= 0.6 is 11.8 Å². The van der Waals surface area contributed by atoms with Crippen LogP contribution in [-0.2, 0) is 4.79 Å². The molecular formula is C15H28N2OS. The molecular weight excluding hydrogens is 256 g/mol. The van der Waals surface area contributed by atoms with Crippen molar-refractivity contribution >= 4 is 17.7 Å². The van der Waals surface area contributed by atoms with Crippen LogP contribution in [0.5, 0.6) is 0 Å². The smallest absolute Gasteiger partial charge is 0.237 e. The van der Waals surface area contributed by atoms with E-state index in [9.17, 15) is 4.79 Å². The second kappa shape index (κ2) is 7.53. The van der Waals surface area contributed by atoms with Gasteiger partial charge in [-0.3, -0.25) is 4.79 Å². The number of carbonyl (C=O) groups is 1. The van der Waals surface area contributed by atoms with E-state index in [1.165, 1.54) is 25.7 Å². The van der Waals surface area contributed by atoms with E-state index < -0.39 is 0 Å². The molecule has 1 amide bonds. The van der Waals surface area contributed by atoms with Gasteiger partial charge in [0.15, 0.2) is 0 Å². The van der Waals surface area contributed by atoms with Gasteiger partial charge < -0.3 is 10.6 Å². The summed E-state index contributed by atoms with van der Waals surface area (Å²) < 4.78 is 0. The molecule has 1 heterocycles. The first-order chi connectivity index (χ1) is 9.22. The van der Waals surface area contributed by atoms with Crippen molar-refractivity contribution in [3.63, 3.8) is 0 Å². The number of hydrogen-bond donors (Lipinski definition) is 2. The molecule has 0 aromatic rings. The molecule has 110 valence electrons. The molecule has 2 fully saturated rings. The number of rotatable bonds is 4. The van der Waals surface area contributed by atoms with Crippen LogP contribution in [0.25, 0.3) is 0 Å². The fraction of sp³-hybridized carbons (Fsp3) is 0.933. The Morgan fingerprint density at radius 1 is 1.32 bits per heavy atom. The van der Waals surface area contributed by atoms with E-state index in [0.717, 1.165) is 37.0 Å². The van der Waals surface area contributed by atoms with Crippen molar-refractivity contribution in [2.24, 2.45) is 5.92 Å². The van der Waals surface area contributed by atoms with Gasteiger partial charge in [-0.15, -0.1) is 0 Å². The van der Waals surface area contributed by atoms with Gasteiger partial charge in [-0.2, -0.15) is 11.8 Å². The maximum atomic E-state index is 12.3. The van der Waals surface area contributed by atoms with Crippen molar-refractivity contribution < 1.29 is 4.79 Å². The van der Waals surface area contributed by atoms with E-state index in [4.69, 9.17) is 0 Å². The highest BCUT2D eigenvalue weighted by molar-refractivity contribution is 7.99. The van der Waals surface area contributed by atoms with E-state index in [-0.39, 0.29) is 11.9 Å². The lowest BCUT2D eigenvalue weighted by Crippen LogP contribution is -2.52. The topological polar surface area (TPSA) is 41.1 Å². The third kappa shape index (κ3) is 4.38. The first-order valence-electron chi connectivity index (χ1n) is 7.79. The summed E-state index contributed by atoms with van der Waals surface area (Å²) in [6.45, 7) is 3.23. The van der Waals surface area contributed by atoms with Crippen LogP contribution in [0.2, 0.25) is 0 Å². The van der Waals surface area contributed by atoms with Gasteiger partial charge >= 0.3 is 0 Å². The van der Waals surface area contributed by atoms with Crippen LogP contribution in [0, 0.1) is 5.92 Å². The number of carbonyl (C=O) groups excluding carboxylic acids is 1. The molecule has 1 saturated carbocycles. The summed E-state index contributed by atoms with van der Waals surface area (Å²) in [5.41, 5.74) is 0. The predicted octanol–water partition coefficient (Wildman–Crippen LogP) is 2.55. The summed E-state index contributed by atoms with van der Waals surface area (Å²) >= 11 is 1.95. The largest absolute Gasteiger partial charge is 0.352 e. The Morgan fingerprint density at radius 3 is 2.89 bits per heavy atom. The lowest BCUT2D eigenvalue weighted by atomic mass is 9.89. The molecule has 0 spiro atoms.